The lowest BCUT2D eigenvalue weighted by Gasteiger charge is -2.09. The average Bonchev–Trinajstić information content (AvgIpc) is 3.65. The van der Waals surface area contributed by atoms with Crippen molar-refractivity contribution < 1.29 is 0 Å². The van der Waals surface area contributed by atoms with Crippen LogP contribution < -0.4 is 10.6 Å². The highest BCUT2D eigenvalue weighted by Gasteiger charge is 2.12. The van der Waals surface area contributed by atoms with Crippen LogP contribution in [0.4, 0.5) is 11.8 Å². The van der Waals surface area contributed by atoms with Crippen LogP contribution in [0.25, 0.3) is 55.8 Å². The van der Waals surface area contributed by atoms with Crippen LogP contribution in [0.15, 0.2) is 91.8 Å². The number of anilines is 2. The quantitative estimate of drug-likeness (QED) is 0.183. The van der Waals surface area contributed by atoms with Crippen molar-refractivity contribution in [3.63, 3.8) is 0 Å². The van der Waals surface area contributed by atoms with Gasteiger partial charge in [0, 0.05) is 71.4 Å². The summed E-state index contributed by atoms with van der Waals surface area (Å²) < 4.78 is 0. The van der Waals surface area contributed by atoms with Crippen LogP contribution in [0, 0.1) is 0 Å². The normalized spacial score (nSPS) is 11.2. The third kappa shape index (κ3) is 4.82. The van der Waals surface area contributed by atoms with Crippen molar-refractivity contribution in [3.8, 4) is 33.8 Å². The van der Waals surface area contributed by atoms with Crippen LogP contribution in [0.5, 0.6) is 0 Å². The molecule has 0 aliphatic heterocycles. The molecule has 10 heteroatoms. The molecule has 0 saturated carbocycles. The molecule has 0 aliphatic rings. The minimum atomic E-state index is 0.608. The summed E-state index contributed by atoms with van der Waals surface area (Å²) in [5, 5.41) is 8.64. The van der Waals surface area contributed by atoms with E-state index in [2.05, 4.69) is 69.8 Å². The van der Waals surface area contributed by atoms with Gasteiger partial charge in [0.1, 0.15) is 23.4 Å². The SMILES string of the molecule is CCNc1nccc(-c2c[nH]c3nc(-c4cccc(CNc5cc(-c6c[nH]c7ncccc67)ncn5)c4)ccc23)n1. The third-order valence-corrected chi connectivity index (χ3v) is 6.90. The monoisotopic (exact) mass is 538 g/mol. The minimum Gasteiger partial charge on any atom is -0.366 e. The topological polar surface area (TPSA) is 133 Å². The molecule has 0 unspecified atom stereocenters. The lowest BCUT2D eigenvalue weighted by Crippen LogP contribution is -2.02. The summed E-state index contributed by atoms with van der Waals surface area (Å²) >= 11 is 0. The molecular formula is C31H26N10. The predicted octanol–water partition coefficient (Wildman–Crippen LogP) is 6.06. The van der Waals surface area contributed by atoms with Gasteiger partial charge in [0.2, 0.25) is 5.95 Å². The van der Waals surface area contributed by atoms with Crippen molar-refractivity contribution in [2.75, 3.05) is 17.2 Å². The van der Waals surface area contributed by atoms with Gasteiger partial charge in [-0.15, -0.1) is 0 Å². The zero-order chi connectivity index (χ0) is 27.6. The molecule has 6 heterocycles. The van der Waals surface area contributed by atoms with E-state index in [0.29, 0.717) is 12.5 Å². The lowest BCUT2D eigenvalue weighted by atomic mass is 10.1. The van der Waals surface area contributed by atoms with Crippen LogP contribution in [0.1, 0.15) is 12.5 Å². The highest BCUT2D eigenvalue weighted by molar-refractivity contribution is 5.94. The summed E-state index contributed by atoms with van der Waals surface area (Å²) in [6.45, 7) is 3.39. The van der Waals surface area contributed by atoms with Crippen molar-refractivity contribution in [1.82, 2.24) is 39.9 Å². The van der Waals surface area contributed by atoms with Crippen LogP contribution in [0.2, 0.25) is 0 Å². The number of aromatic nitrogens is 8. The number of hydrogen-bond donors (Lipinski definition) is 4. The van der Waals surface area contributed by atoms with Crippen molar-refractivity contribution in [2.45, 2.75) is 13.5 Å². The molecule has 6 aromatic heterocycles. The summed E-state index contributed by atoms with van der Waals surface area (Å²) in [5.41, 5.74) is 8.35. The van der Waals surface area contributed by atoms with E-state index in [9.17, 15) is 0 Å². The standard InChI is InChI=1S/C31H26N10/c1-2-32-31-34-12-10-26(41-31)23-16-37-30-22(23)8-9-25(40-30)20-6-3-5-19(13-20)15-35-28-14-27(38-18-39-28)24-17-36-29-21(24)7-4-11-33-29/h3-14,16-18H,2,15H2,1H3,(H,33,36)(H,37,40)(H,32,34,41)(H,35,38,39). The number of nitrogens with one attached hydrogen (secondary N) is 4. The first-order chi connectivity index (χ1) is 20.2. The maximum atomic E-state index is 4.91. The Kier molecular flexibility index (Phi) is 6.25. The number of hydrogen-bond acceptors (Lipinski definition) is 8. The van der Waals surface area contributed by atoms with E-state index in [0.717, 1.165) is 73.8 Å². The van der Waals surface area contributed by atoms with Gasteiger partial charge in [-0.3, -0.25) is 0 Å². The predicted molar refractivity (Wildman–Crippen MR) is 161 cm³/mol. The number of rotatable bonds is 8. The van der Waals surface area contributed by atoms with E-state index in [4.69, 9.17) is 4.98 Å². The van der Waals surface area contributed by atoms with Gasteiger partial charge in [0.25, 0.3) is 0 Å². The summed E-state index contributed by atoms with van der Waals surface area (Å²) in [6, 6.07) is 20.3. The number of pyridine rings is 2. The van der Waals surface area contributed by atoms with Gasteiger partial charge in [-0.2, -0.15) is 0 Å². The Hall–Kier alpha value is -5.64. The Morgan fingerprint density at radius 3 is 2.49 bits per heavy atom. The van der Waals surface area contributed by atoms with Crippen molar-refractivity contribution in [1.29, 1.82) is 0 Å². The summed E-state index contributed by atoms with van der Waals surface area (Å²) in [6.07, 6.45) is 8.99. The van der Waals surface area contributed by atoms with Crippen molar-refractivity contribution >= 4 is 33.8 Å². The second-order valence-electron chi connectivity index (χ2n) is 9.54. The molecule has 0 spiro atoms. The van der Waals surface area contributed by atoms with Gasteiger partial charge in [0.15, 0.2) is 0 Å². The molecule has 0 atom stereocenters. The number of fused-ring (bicyclic) bond motifs is 2. The van der Waals surface area contributed by atoms with Crippen molar-refractivity contribution in [3.05, 3.63) is 97.3 Å². The maximum absolute atomic E-state index is 4.91. The van der Waals surface area contributed by atoms with E-state index < -0.39 is 0 Å². The molecule has 0 amide bonds. The second-order valence-corrected chi connectivity index (χ2v) is 9.54. The van der Waals surface area contributed by atoms with Crippen molar-refractivity contribution in [2.24, 2.45) is 0 Å². The number of benzene rings is 1. The van der Waals surface area contributed by atoms with E-state index >= 15 is 0 Å². The summed E-state index contributed by atoms with van der Waals surface area (Å²) in [7, 11) is 0. The van der Waals surface area contributed by atoms with Crippen LogP contribution >= 0.6 is 0 Å². The average molecular weight is 539 g/mol. The molecule has 0 radical (unpaired) electrons. The smallest absolute Gasteiger partial charge is 0.223 e. The van der Waals surface area contributed by atoms with Crippen LogP contribution in [-0.4, -0.2) is 46.4 Å². The van der Waals surface area contributed by atoms with Gasteiger partial charge in [0.05, 0.1) is 17.1 Å². The maximum Gasteiger partial charge on any atom is 0.223 e. The first-order valence-corrected chi connectivity index (χ1v) is 13.4. The minimum absolute atomic E-state index is 0.608. The fourth-order valence-corrected chi connectivity index (χ4v) is 4.93. The molecular weight excluding hydrogens is 512 g/mol. The zero-order valence-corrected chi connectivity index (χ0v) is 22.3. The second kappa shape index (κ2) is 10.5. The van der Waals surface area contributed by atoms with E-state index in [1.807, 2.05) is 55.7 Å². The lowest BCUT2D eigenvalue weighted by molar-refractivity contribution is 1.08. The fraction of sp³-hybridized carbons (Fsp3) is 0.0968. The summed E-state index contributed by atoms with van der Waals surface area (Å²) in [5.74, 6) is 1.36. The molecule has 7 rings (SSSR count). The highest BCUT2D eigenvalue weighted by atomic mass is 15.1. The molecule has 10 nitrogen and oxygen atoms in total. The highest BCUT2D eigenvalue weighted by Crippen LogP contribution is 2.30. The summed E-state index contributed by atoms with van der Waals surface area (Å²) in [4.78, 5) is 33.6. The Balaban J connectivity index is 1.10. The molecule has 0 bridgehead atoms. The zero-order valence-electron chi connectivity index (χ0n) is 22.3. The largest absolute Gasteiger partial charge is 0.366 e. The van der Waals surface area contributed by atoms with Gasteiger partial charge in [-0.1, -0.05) is 18.2 Å². The fourth-order valence-electron chi connectivity index (χ4n) is 4.93. The Morgan fingerprint density at radius 1 is 0.683 bits per heavy atom. The molecule has 0 aliphatic carbocycles. The van der Waals surface area contributed by atoms with E-state index in [1.165, 1.54) is 0 Å². The first-order valence-electron chi connectivity index (χ1n) is 13.4. The van der Waals surface area contributed by atoms with Gasteiger partial charge < -0.3 is 20.6 Å². The molecule has 7 aromatic rings. The molecule has 41 heavy (non-hydrogen) atoms. The third-order valence-electron chi connectivity index (χ3n) is 6.90. The first kappa shape index (κ1) is 24.4. The molecule has 0 fully saturated rings. The number of H-pyrrole nitrogens is 2. The molecule has 0 saturated heterocycles. The Morgan fingerprint density at radius 2 is 1.56 bits per heavy atom. The number of aromatic amines is 2. The van der Waals surface area contributed by atoms with Gasteiger partial charge >= 0.3 is 0 Å². The van der Waals surface area contributed by atoms with Gasteiger partial charge in [-0.25, -0.2) is 29.9 Å². The number of nitrogens with zero attached hydrogens (tertiary/aromatic N) is 6. The Bertz CT molecular complexity index is 1990. The van der Waals surface area contributed by atoms with Crippen LogP contribution in [-0.2, 0) is 6.54 Å². The molecule has 4 N–H and O–H groups in total. The van der Waals surface area contributed by atoms with Crippen LogP contribution in [0.3, 0.4) is 0 Å². The van der Waals surface area contributed by atoms with E-state index in [1.54, 1.807) is 18.7 Å². The Labute approximate surface area is 235 Å². The molecule has 200 valence electrons. The molecule has 1 aromatic carbocycles. The van der Waals surface area contributed by atoms with Gasteiger partial charge in [-0.05, 0) is 48.9 Å². The van der Waals surface area contributed by atoms with E-state index in [-0.39, 0.29) is 0 Å².